The third-order valence-corrected chi connectivity index (χ3v) is 5.77. The average Bonchev–Trinajstić information content (AvgIpc) is 3.25. The van der Waals surface area contributed by atoms with Gasteiger partial charge in [0.1, 0.15) is 6.10 Å². The highest BCUT2D eigenvalue weighted by molar-refractivity contribution is 5.88. The molecule has 0 fully saturated rings. The van der Waals surface area contributed by atoms with Crippen molar-refractivity contribution < 1.29 is 14.6 Å². The Balaban J connectivity index is 0.00000103. The molecule has 0 spiro atoms. The van der Waals surface area contributed by atoms with E-state index in [1.54, 1.807) is 10.6 Å². The van der Waals surface area contributed by atoms with Gasteiger partial charge in [0, 0.05) is 35.2 Å². The molecule has 4 rings (SSSR count). The molecule has 2 N–H and O–H groups in total. The fraction of sp³-hybridized carbons (Fsp3) is 0.464. The van der Waals surface area contributed by atoms with Gasteiger partial charge in [-0.3, -0.25) is 4.79 Å². The highest BCUT2D eigenvalue weighted by Gasteiger charge is 2.29. The standard InChI is InChI=1S/C24H27N3O4.2C2H6/c1-14(2)25-9-8-15-16-6-4-5-7-20(16)26-23-18(15)11-27-21(23)10-17(22(29)12-28)19(13-31-3)24(27)30;2*1-2/h4-7,10,12,14,22,25,29H,8-9,11,13H2,1-3H3;2*1-2H3. The van der Waals surface area contributed by atoms with Crippen LogP contribution in [0.3, 0.4) is 0 Å². The maximum atomic E-state index is 13.3. The second-order valence-electron chi connectivity index (χ2n) is 8.16. The number of aliphatic hydroxyl groups is 1. The van der Waals surface area contributed by atoms with E-state index in [9.17, 15) is 14.7 Å². The molecule has 35 heavy (non-hydrogen) atoms. The number of hydrogen-bond acceptors (Lipinski definition) is 6. The summed E-state index contributed by atoms with van der Waals surface area (Å²) >= 11 is 0. The quantitative estimate of drug-likeness (QED) is 0.363. The van der Waals surface area contributed by atoms with Crippen LogP contribution >= 0.6 is 0 Å². The minimum atomic E-state index is -1.39. The number of aromatic nitrogens is 2. The van der Waals surface area contributed by atoms with E-state index < -0.39 is 6.10 Å². The summed E-state index contributed by atoms with van der Waals surface area (Å²) in [5.41, 5.74) is 4.72. The van der Waals surface area contributed by atoms with Crippen molar-refractivity contribution in [3.05, 3.63) is 62.9 Å². The molecule has 0 amide bonds. The van der Waals surface area contributed by atoms with E-state index in [1.165, 1.54) is 12.7 Å². The van der Waals surface area contributed by atoms with E-state index >= 15 is 0 Å². The largest absolute Gasteiger partial charge is 0.381 e. The summed E-state index contributed by atoms with van der Waals surface area (Å²) in [5, 5.41) is 14.8. The predicted octanol–water partition coefficient (Wildman–Crippen LogP) is 4.40. The van der Waals surface area contributed by atoms with Crippen molar-refractivity contribution in [3.63, 3.8) is 0 Å². The summed E-state index contributed by atoms with van der Waals surface area (Å²) in [6.45, 7) is 13.5. The maximum Gasteiger partial charge on any atom is 0.257 e. The number of benzene rings is 1. The first-order valence-electron chi connectivity index (χ1n) is 12.5. The number of nitrogens with zero attached hydrogens (tertiary/aromatic N) is 2. The highest BCUT2D eigenvalue weighted by atomic mass is 16.5. The van der Waals surface area contributed by atoms with Gasteiger partial charge in [0.2, 0.25) is 0 Å². The number of methoxy groups -OCH3 is 1. The van der Waals surface area contributed by atoms with Crippen LogP contribution in [0.5, 0.6) is 0 Å². The van der Waals surface area contributed by atoms with Crippen molar-refractivity contribution in [3.8, 4) is 11.4 Å². The van der Waals surface area contributed by atoms with Crippen LogP contribution in [-0.4, -0.2) is 40.6 Å². The summed E-state index contributed by atoms with van der Waals surface area (Å²) in [7, 11) is 1.48. The van der Waals surface area contributed by atoms with Gasteiger partial charge in [-0.2, -0.15) is 0 Å². The monoisotopic (exact) mass is 481 g/mol. The van der Waals surface area contributed by atoms with E-state index in [1.807, 2.05) is 45.9 Å². The van der Waals surface area contributed by atoms with Crippen molar-refractivity contribution in [2.24, 2.45) is 0 Å². The van der Waals surface area contributed by atoms with Crippen LogP contribution in [-0.2, 0) is 29.1 Å². The zero-order valence-electron chi connectivity index (χ0n) is 22.0. The zero-order valence-corrected chi connectivity index (χ0v) is 22.0. The van der Waals surface area contributed by atoms with E-state index in [0.717, 1.165) is 35.1 Å². The summed E-state index contributed by atoms with van der Waals surface area (Å²) in [5.74, 6) is 0. The fourth-order valence-electron chi connectivity index (χ4n) is 4.32. The number of ether oxygens (including phenoxy) is 1. The first-order valence-corrected chi connectivity index (χ1v) is 12.5. The lowest BCUT2D eigenvalue weighted by Gasteiger charge is -2.14. The maximum absolute atomic E-state index is 13.3. The normalized spacial score (nSPS) is 12.3. The van der Waals surface area contributed by atoms with E-state index in [-0.39, 0.29) is 17.7 Å². The van der Waals surface area contributed by atoms with Crippen molar-refractivity contribution in [1.29, 1.82) is 0 Å². The minimum absolute atomic E-state index is 0.0241. The van der Waals surface area contributed by atoms with E-state index in [0.29, 0.717) is 30.1 Å². The zero-order chi connectivity index (χ0) is 26.1. The topological polar surface area (TPSA) is 93.5 Å². The molecule has 2 aromatic heterocycles. The molecule has 1 aliphatic rings. The Labute approximate surface area is 208 Å². The van der Waals surface area contributed by atoms with Crippen LogP contribution in [0.25, 0.3) is 22.3 Å². The Morgan fingerprint density at radius 2 is 1.86 bits per heavy atom. The third kappa shape index (κ3) is 5.86. The molecule has 0 saturated heterocycles. The Morgan fingerprint density at radius 1 is 1.17 bits per heavy atom. The number of aldehydes is 1. The Bertz CT molecular complexity index is 1200. The number of carbonyl (C=O) groups excluding carboxylic acids is 1. The molecule has 0 saturated carbocycles. The third-order valence-electron chi connectivity index (χ3n) is 5.77. The highest BCUT2D eigenvalue weighted by Crippen LogP contribution is 2.36. The van der Waals surface area contributed by atoms with Crippen LogP contribution in [0, 0.1) is 0 Å². The molecule has 190 valence electrons. The average molecular weight is 482 g/mol. The molecule has 3 heterocycles. The van der Waals surface area contributed by atoms with Gasteiger partial charge in [0.25, 0.3) is 5.56 Å². The van der Waals surface area contributed by atoms with Gasteiger partial charge < -0.3 is 24.5 Å². The minimum Gasteiger partial charge on any atom is -0.381 e. The summed E-state index contributed by atoms with van der Waals surface area (Å²) in [4.78, 5) is 29.4. The van der Waals surface area contributed by atoms with Crippen LogP contribution in [0.1, 0.15) is 69.9 Å². The molecule has 7 heteroatoms. The SMILES string of the molecule is CC.CC.COCc1c(C(O)C=O)cc2n(c1=O)Cc1c-2nc2ccccc2c1CCNC(C)C. The Kier molecular flexibility index (Phi) is 10.8. The number of carbonyl (C=O) groups is 1. The van der Waals surface area contributed by atoms with Gasteiger partial charge in [-0.1, -0.05) is 59.7 Å². The number of nitrogens with one attached hydrogen (secondary N) is 1. The Hall–Kier alpha value is -2.87. The first-order chi connectivity index (χ1) is 17.0. The van der Waals surface area contributed by atoms with Crippen LogP contribution < -0.4 is 10.9 Å². The number of pyridine rings is 2. The molecule has 0 bridgehead atoms. The van der Waals surface area contributed by atoms with Gasteiger partial charge in [0.05, 0.1) is 30.1 Å². The number of fused-ring (bicyclic) bond motifs is 4. The van der Waals surface area contributed by atoms with Crippen LogP contribution in [0.2, 0.25) is 0 Å². The number of hydrogen-bond donors (Lipinski definition) is 2. The van der Waals surface area contributed by atoms with E-state index in [4.69, 9.17) is 9.72 Å². The van der Waals surface area contributed by atoms with Crippen molar-refractivity contribution in [1.82, 2.24) is 14.9 Å². The van der Waals surface area contributed by atoms with Gasteiger partial charge >= 0.3 is 0 Å². The van der Waals surface area contributed by atoms with Gasteiger partial charge in [-0.15, -0.1) is 0 Å². The second kappa shape index (κ2) is 13.3. The van der Waals surface area contributed by atoms with Crippen LogP contribution in [0.4, 0.5) is 0 Å². The lowest BCUT2D eigenvalue weighted by Crippen LogP contribution is -2.27. The van der Waals surface area contributed by atoms with Crippen molar-refractivity contribution >= 4 is 17.2 Å². The second-order valence-corrected chi connectivity index (χ2v) is 8.16. The molecule has 0 aliphatic carbocycles. The van der Waals surface area contributed by atoms with Crippen molar-refractivity contribution in [2.75, 3.05) is 13.7 Å². The Morgan fingerprint density at radius 3 is 2.49 bits per heavy atom. The number of para-hydroxylation sites is 1. The number of rotatable bonds is 8. The predicted molar refractivity (Wildman–Crippen MR) is 142 cm³/mol. The van der Waals surface area contributed by atoms with Crippen LogP contribution in [0.15, 0.2) is 35.1 Å². The molecular weight excluding hydrogens is 442 g/mol. The van der Waals surface area contributed by atoms with Gasteiger partial charge in [0.15, 0.2) is 6.29 Å². The summed E-state index contributed by atoms with van der Waals surface area (Å²) in [6.07, 6.45) is -0.151. The summed E-state index contributed by atoms with van der Waals surface area (Å²) < 4.78 is 6.85. The van der Waals surface area contributed by atoms with E-state index in [2.05, 4.69) is 25.2 Å². The molecule has 1 atom stereocenters. The lowest BCUT2D eigenvalue weighted by molar-refractivity contribution is -0.115. The number of aliphatic hydroxyl groups excluding tert-OH is 1. The van der Waals surface area contributed by atoms with Gasteiger partial charge in [-0.25, -0.2) is 4.98 Å². The molecule has 0 radical (unpaired) electrons. The summed E-state index contributed by atoms with van der Waals surface area (Å²) in [6, 6.07) is 10.1. The lowest BCUT2D eigenvalue weighted by atomic mass is 9.97. The fourth-order valence-corrected chi connectivity index (χ4v) is 4.32. The smallest absolute Gasteiger partial charge is 0.257 e. The molecule has 1 aliphatic heterocycles. The molecule has 1 aromatic carbocycles. The van der Waals surface area contributed by atoms with Crippen molar-refractivity contribution in [2.45, 2.75) is 73.3 Å². The molecule has 1 unspecified atom stereocenters. The van der Waals surface area contributed by atoms with Gasteiger partial charge in [-0.05, 0) is 30.7 Å². The first kappa shape index (κ1) is 28.4. The molecular formula is C28H39N3O4. The molecule has 7 nitrogen and oxygen atoms in total. The molecule has 3 aromatic rings.